The van der Waals surface area contributed by atoms with E-state index in [1.165, 1.54) is 0 Å². The quantitative estimate of drug-likeness (QED) is 0.867. The molecule has 0 unspecified atom stereocenters. The van der Waals surface area contributed by atoms with Gasteiger partial charge in [-0.05, 0) is 23.8 Å². The van der Waals surface area contributed by atoms with E-state index in [2.05, 4.69) is 15.9 Å². The fourth-order valence-electron chi connectivity index (χ4n) is 1.51. The fraction of sp³-hybridized carbons (Fsp3) is 0.143. The van der Waals surface area contributed by atoms with Gasteiger partial charge in [0, 0.05) is 10.9 Å². The molecule has 2 rings (SSSR count). The van der Waals surface area contributed by atoms with Crippen molar-refractivity contribution in [3.05, 3.63) is 59.7 Å². The van der Waals surface area contributed by atoms with Gasteiger partial charge >= 0.3 is 0 Å². The Balaban J connectivity index is 2.04. The van der Waals surface area contributed by atoms with Gasteiger partial charge in [0.05, 0.1) is 0 Å². The highest BCUT2D eigenvalue weighted by Gasteiger charge is 2.01. The Labute approximate surface area is 109 Å². The van der Waals surface area contributed by atoms with Crippen LogP contribution in [0.25, 0.3) is 0 Å². The summed E-state index contributed by atoms with van der Waals surface area (Å²) in [5.41, 5.74) is 2.17. The van der Waals surface area contributed by atoms with E-state index in [-0.39, 0.29) is 5.75 Å². The van der Waals surface area contributed by atoms with E-state index in [1.54, 1.807) is 12.1 Å². The first-order valence-electron chi connectivity index (χ1n) is 5.34. The minimum atomic E-state index is 0.273. The second kappa shape index (κ2) is 5.73. The molecule has 0 aliphatic rings. The second-order valence-corrected chi connectivity index (χ2v) is 4.26. The molecule has 2 aromatic carbocycles. The Morgan fingerprint density at radius 2 is 1.71 bits per heavy atom. The molecule has 0 amide bonds. The van der Waals surface area contributed by atoms with Crippen molar-refractivity contribution in [1.82, 2.24) is 0 Å². The number of benzene rings is 2. The van der Waals surface area contributed by atoms with Gasteiger partial charge in [0.15, 0.2) is 0 Å². The summed E-state index contributed by atoms with van der Waals surface area (Å²) in [6, 6.07) is 15.0. The third kappa shape index (κ3) is 3.24. The van der Waals surface area contributed by atoms with Crippen molar-refractivity contribution >= 4 is 15.9 Å². The van der Waals surface area contributed by atoms with Crippen LogP contribution in [0.5, 0.6) is 11.5 Å². The SMILES string of the molecule is Oc1ccc(COc2ccccc2CBr)cc1. The highest BCUT2D eigenvalue weighted by Crippen LogP contribution is 2.21. The molecule has 17 heavy (non-hydrogen) atoms. The van der Waals surface area contributed by atoms with Crippen LogP contribution >= 0.6 is 15.9 Å². The minimum Gasteiger partial charge on any atom is -0.508 e. The monoisotopic (exact) mass is 292 g/mol. The summed E-state index contributed by atoms with van der Waals surface area (Å²) in [7, 11) is 0. The zero-order chi connectivity index (χ0) is 12.1. The van der Waals surface area contributed by atoms with E-state index < -0.39 is 0 Å². The van der Waals surface area contributed by atoms with Gasteiger partial charge in [0.2, 0.25) is 0 Å². The molecular formula is C14H13BrO2. The van der Waals surface area contributed by atoms with Crippen LogP contribution in [-0.2, 0) is 11.9 Å². The van der Waals surface area contributed by atoms with Crippen LogP contribution in [0.3, 0.4) is 0 Å². The Bertz CT molecular complexity index is 480. The lowest BCUT2D eigenvalue weighted by Gasteiger charge is -2.09. The standard InChI is InChI=1S/C14H13BrO2/c15-9-12-3-1-2-4-14(12)17-10-11-5-7-13(16)8-6-11/h1-8,16H,9-10H2. The topological polar surface area (TPSA) is 29.5 Å². The first-order chi connectivity index (χ1) is 8.29. The summed E-state index contributed by atoms with van der Waals surface area (Å²) in [6.45, 7) is 0.504. The van der Waals surface area contributed by atoms with Crippen molar-refractivity contribution < 1.29 is 9.84 Å². The molecule has 0 atom stereocenters. The molecule has 2 aromatic rings. The van der Waals surface area contributed by atoms with E-state index in [9.17, 15) is 5.11 Å². The van der Waals surface area contributed by atoms with Gasteiger partial charge in [-0.3, -0.25) is 0 Å². The average Bonchev–Trinajstić information content (AvgIpc) is 2.38. The Morgan fingerprint density at radius 1 is 1.00 bits per heavy atom. The normalized spacial score (nSPS) is 10.2. The second-order valence-electron chi connectivity index (χ2n) is 3.70. The summed E-state index contributed by atoms with van der Waals surface area (Å²) in [4.78, 5) is 0. The average molecular weight is 293 g/mol. The number of rotatable bonds is 4. The van der Waals surface area contributed by atoms with Crippen molar-refractivity contribution in [1.29, 1.82) is 0 Å². The first-order valence-corrected chi connectivity index (χ1v) is 6.46. The van der Waals surface area contributed by atoms with Crippen molar-refractivity contribution in [2.45, 2.75) is 11.9 Å². The van der Waals surface area contributed by atoms with Crippen LogP contribution in [0.2, 0.25) is 0 Å². The highest BCUT2D eigenvalue weighted by atomic mass is 79.9. The third-order valence-corrected chi connectivity index (χ3v) is 3.05. The van der Waals surface area contributed by atoms with Crippen LogP contribution in [0.15, 0.2) is 48.5 Å². The van der Waals surface area contributed by atoms with E-state index in [0.29, 0.717) is 6.61 Å². The molecule has 0 saturated carbocycles. The molecule has 0 saturated heterocycles. The number of halogens is 1. The Hall–Kier alpha value is -1.48. The molecule has 0 spiro atoms. The lowest BCUT2D eigenvalue weighted by Crippen LogP contribution is -1.97. The number of hydrogen-bond acceptors (Lipinski definition) is 2. The first kappa shape index (κ1) is 12.0. The molecule has 88 valence electrons. The Morgan fingerprint density at radius 3 is 2.41 bits per heavy atom. The van der Waals surface area contributed by atoms with Gasteiger partial charge in [-0.15, -0.1) is 0 Å². The highest BCUT2D eigenvalue weighted by molar-refractivity contribution is 9.08. The fourth-order valence-corrected chi connectivity index (χ4v) is 1.97. The van der Waals surface area contributed by atoms with Gasteiger partial charge in [0.1, 0.15) is 18.1 Å². The number of phenols is 1. The summed E-state index contributed by atoms with van der Waals surface area (Å²) >= 11 is 3.43. The number of aromatic hydroxyl groups is 1. The number of ether oxygens (including phenoxy) is 1. The summed E-state index contributed by atoms with van der Waals surface area (Å²) in [6.07, 6.45) is 0. The van der Waals surface area contributed by atoms with Gasteiger partial charge in [-0.1, -0.05) is 46.3 Å². The number of alkyl halides is 1. The third-order valence-electron chi connectivity index (χ3n) is 2.45. The molecule has 0 bridgehead atoms. The molecule has 0 aliphatic carbocycles. The molecule has 0 aromatic heterocycles. The van der Waals surface area contributed by atoms with Crippen LogP contribution in [-0.4, -0.2) is 5.11 Å². The van der Waals surface area contributed by atoms with Gasteiger partial charge in [-0.25, -0.2) is 0 Å². The van der Waals surface area contributed by atoms with Crippen molar-refractivity contribution in [2.75, 3.05) is 0 Å². The van der Waals surface area contributed by atoms with Gasteiger partial charge in [0.25, 0.3) is 0 Å². The summed E-state index contributed by atoms with van der Waals surface area (Å²) in [5.74, 6) is 1.16. The maximum atomic E-state index is 9.18. The molecule has 2 nitrogen and oxygen atoms in total. The van der Waals surface area contributed by atoms with Crippen molar-refractivity contribution in [3.63, 3.8) is 0 Å². The van der Waals surface area contributed by atoms with Crippen LogP contribution in [0.4, 0.5) is 0 Å². The number of para-hydroxylation sites is 1. The predicted molar refractivity (Wildman–Crippen MR) is 71.5 cm³/mol. The maximum absolute atomic E-state index is 9.18. The molecule has 1 N–H and O–H groups in total. The Kier molecular flexibility index (Phi) is 4.04. The van der Waals surface area contributed by atoms with Crippen molar-refractivity contribution in [2.24, 2.45) is 0 Å². The van der Waals surface area contributed by atoms with E-state index >= 15 is 0 Å². The predicted octanol–water partition coefficient (Wildman–Crippen LogP) is 3.87. The summed E-state index contributed by atoms with van der Waals surface area (Å²) in [5, 5.41) is 9.95. The van der Waals surface area contributed by atoms with Crippen LogP contribution < -0.4 is 4.74 Å². The van der Waals surface area contributed by atoms with Gasteiger partial charge < -0.3 is 9.84 Å². The zero-order valence-corrected chi connectivity index (χ0v) is 10.9. The largest absolute Gasteiger partial charge is 0.508 e. The molecule has 0 aliphatic heterocycles. The minimum absolute atomic E-state index is 0.273. The van der Waals surface area contributed by atoms with Crippen LogP contribution in [0, 0.1) is 0 Å². The molecular weight excluding hydrogens is 280 g/mol. The van der Waals surface area contributed by atoms with Gasteiger partial charge in [-0.2, -0.15) is 0 Å². The molecule has 0 fully saturated rings. The number of phenolic OH excluding ortho intramolecular Hbond substituents is 1. The van der Waals surface area contributed by atoms with E-state index in [1.807, 2.05) is 36.4 Å². The maximum Gasteiger partial charge on any atom is 0.123 e. The zero-order valence-electron chi connectivity index (χ0n) is 9.27. The number of hydrogen-bond donors (Lipinski definition) is 1. The molecule has 3 heteroatoms. The molecule has 0 radical (unpaired) electrons. The van der Waals surface area contributed by atoms with E-state index in [0.717, 1.165) is 22.2 Å². The lowest BCUT2D eigenvalue weighted by atomic mass is 10.2. The molecule has 0 heterocycles. The lowest BCUT2D eigenvalue weighted by molar-refractivity contribution is 0.304. The van der Waals surface area contributed by atoms with Crippen molar-refractivity contribution in [3.8, 4) is 11.5 Å². The van der Waals surface area contributed by atoms with Crippen LogP contribution in [0.1, 0.15) is 11.1 Å². The summed E-state index contributed by atoms with van der Waals surface area (Å²) < 4.78 is 5.74. The smallest absolute Gasteiger partial charge is 0.123 e. The van der Waals surface area contributed by atoms with E-state index in [4.69, 9.17) is 4.74 Å².